The number of rotatable bonds is 4. The van der Waals surface area contributed by atoms with Gasteiger partial charge in [-0.1, -0.05) is 13.8 Å². The third-order valence-electron chi connectivity index (χ3n) is 2.35. The molecule has 1 unspecified atom stereocenters. The lowest BCUT2D eigenvalue weighted by Crippen LogP contribution is -2.51. The molecule has 4 nitrogen and oxygen atoms in total. The van der Waals surface area contributed by atoms with E-state index in [1.54, 1.807) is 13.8 Å². The molecule has 0 aromatic rings. The molecule has 4 heteroatoms. The van der Waals surface area contributed by atoms with Crippen molar-refractivity contribution in [2.75, 3.05) is 0 Å². The Morgan fingerprint density at radius 1 is 1.29 bits per heavy atom. The number of amides is 1. The molecule has 0 aromatic carbocycles. The van der Waals surface area contributed by atoms with Crippen LogP contribution in [0, 0.1) is 11.3 Å². The lowest BCUT2D eigenvalue weighted by atomic mass is 9.78. The van der Waals surface area contributed by atoms with Crippen molar-refractivity contribution in [3.05, 3.63) is 0 Å². The molecular formula is C10H19NO3. The summed E-state index contributed by atoms with van der Waals surface area (Å²) in [6.45, 7) is 8.43. The quantitative estimate of drug-likeness (QED) is 0.719. The van der Waals surface area contributed by atoms with Gasteiger partial charge in [-0.05, 0) is 19.8 Å². The first-order chi connectivity index (χ1) is 6.19. The molecule has 0 aromatic heterocycles. The summed E-state index contributed by atoms with van der Waals surface area (Å²) in [6, 6.07) is -0.350. The molecule has 1 atom stereocenters. The molecule has 0 aliphatic rings. The maximum atomic E-state index is 11.0. The lowest BCUT2D eigenvalue weighted by molar-refractivity contribution is -0.149. The number of hydrogen-bond acceptors (Lipinski definition) is 2. The molecule has 0 fully saturated rings. The van der Waals surface area contributed by atoms with E-state index in [2.05, 4.69) is 5.32 Å². The van der Waals surface area contributed by atoms with Crippen molar-refractivity contribution in [1.82, 2.24) is 5.32 Å². The normalized spacial score (nSPS) is 13.9. The summed E-state index contributed by atoms with van der Waals surface area (Å²) in [7, 11) is 0. The molecule has 0 saturated heterocycles. The van der Waals surface area contributed by atoms with Gasteiger partial charge in [0, 0.05) is 13.0 Å². The number of nitrogens with one attached hydrogen (secondary N) is 1. The van der Waals surface area contributed by atoms with Crippen molar-refractivity contribution in [1.29, 1.82) is 0 Å². The summed E-state index contributed by atoms with van der Waals surface area (Å²) < 4.78 is 0. The smallest absolute Gasteiger partial charge is 0.311 e. The van der Waals surface area contributed by atoms with E-state index in [1.807, 2.05) is 13.8 Å². The minimum atomic E-state index is -0.945. The lowest BCUT2D eigenvalue weighted by Gasteiger charge is -2.33. The van der Waals surface area contributed by atoms with E-state index in [-0.39, 0.29) is 17.9 Å². The molecule has 0 saturated carbocycles. The van der Waals surface area contributed by atoms with Crippen molar-refractivity contribution in [2.24, 2.45) is 11.3 Å². The number of hydrogen-bond donors (Lipinski definition) is 2. The predicted octanol–water partition coefficient (Wildman–Crippen LogP) is 1.26. The molecular weight excluding hydrogens is 182 g/mol. The van der Waals surface area contributed by atoms with Crippen molar-refractivity contribution in [2.45, 2.75) is 40.7 Å². The number of carboxylic acids is 1. The monoisotopic (exact) mass is 201 g/mol. The van der Waals surface area contributed by atoms with Crippen LogP contribution < -0.4 is 5.32 Å². The summed E-state index contributed by atoms with van der Waals surface area (Å²) in [5, 5.41) is 11.7. The number of carbonyl (C=O) groups excluding carboxylic acids is 1. The Labute approximate surface area is 84.7 Å². The molecule has 0 aliphatic heterocycles. The van der Waals surface area contributed by atoms with Gasteiger partial charge < -0.3 is 10.4 Å². The first-order valence-corrected chi connectivity index (χ1v) is 4.70. The van der Waals surface area contributed by atoms with Gasteiger partial charge in [-0.3, -0.25) is 9.59 Å². The summed E-state index contributed by atoms with van der Waals surface area (Å²) in [5.41, 5.74) is -0.945. The predicted molar refractivity (Wildman–Crippen MR) is 53.9 cm³/mol. The topological polar surface area (TPSA) is 66.4 Å². The maximum absolute atomic E-state index is 11.0. The standard InChI is InChI=1S/C10H19NO3/c1-6(2)8(11-7(3)12)10(4,5)9(13)14/h6,8H,1-5H3,(H,11,12)(H,13,14). The van der Waals surface area contributed by atoms with E-state index in [0.717, 1.165) is 0 Å². The zero-order valence-corrected chi connectivity index (χ0v) is 9.42. The van der Waals surface area contributed by atoms with Gasteiger partial charge >= 0.3 is 5.97 Å². The molecule has 0 radical (unpaired) electrons. The van der Waals surface area contributed by atoms with Crippen LogP contribution in [0.15, 0.2) is 0 Å². The Kier molecular flexibility index (Phi) is 4.10. The second-order valence-electron chi connectivity index (χ2n) is 4.45. The second-order valence-corrected chi connectivity index (χ2v) is 4.45. The first-order valence-electron chi connectivity index (χ1n) is 4.70. The van der Waals surface area contributed by atoms with Crippen molar-refractivity contribution in [3.8, 4) is 0 Å². The number of carbonyl (C=O) groups is 2. The van der Waals surface area contributed by atoms with Gasteiger partial charge in [-0.15, -0.1) is 0 Å². The summed E-state index contributed by atoms with van der Waals surface area (Å²) >= 11 is 0. The maximum Gasteiger partial charge on any atom is 0.311 e. The van der Waals surface area contributed by atoms with Crippen LogP contribution in [0.5, 0.6) is 0 Å². The van der Waals surface area contributed by atoms with Crippen LogP contribution in [-0.2, 0) is 9.59 Å². The third-order valence-corrected chi connectivity index (χ3v) is 2.35. The fraction of sp³-hybridized carbons (Fsp3) is 0.800. The Balaban J connectivity index is 4.81. The Morgan fingerprint density at radius 2 is 1.71 bits per heavy atom. The van der Waals surface area contributed by atoms with E-state index in [1.165, 1.54) is 6.92 Å². The zero-order valence-electron chi connectivity index (χ0n) is 9.42. The number of aliphatic carboxylic acids is 1. The summed E-state index contributed by atoms with van der Waals surface area (Å²) in [5.74, 6) is -1.01. The highest BCUT2D eigenvalue weighted by Crippen LogP contribution is 2.26. The van der Waals surface area contributed by atoms with Gasteiger partial charge in [-0.25, -0.2) is 0 Å². The van der Waals surface area contributed by atoms with Crippen LogP contribution in [0.4, 0.5) is 0 Å². The van der Waals surface area contributed by atoms with Crippen LogP contribution in [-0.4, -0.2) is 23.0 Å². The minimum absolute atomic E-state index is 0.0880. The van der Waals surface area contributed by atoms with Gasteiger partial charge in [-0.2, -0.15) is 0 Å². The largest absolute Gasteiger partial charge is 0.481 e. The first kappa shape index (κ1) is 12.9. The average Bonchev–Trinajstić information content (AvgIpc) is 1.98. The van der Waals surface area contributed by atoms with E-state index in [4.69, 9.17) is 5.11 Å². The van der Waals surface area contributed by atoms with Crippen molar-refractivity contribution in [3.63, 3.8) is 0 Å². The average molecular weight is 201 g/mol. The van der Waals surface area contributed by atoms with E-state index < -0.39 is 11.4 Å². The fourth-order valence-electron chi connectivity index (χ4n) is 1.53. The third kappa shape index (κ3) is 3.01. The van der Waals surface area contributed by atoms with Crippen LogP contribution in [0.3, 0.4) is 0 Å². The molecule has 0 aliphatic carbocycles. The van der Waals surface area contributed by atoms with E-state index in [9.17, 15) is 9.59 Å². The highest BCUT2D eigenvalue weighted by atomic mass is 16.4. The molecule has 0 rings (SSSR count). The van der Waals surface area contributed by atoms with Crippen LogP contribution >= 0.6 is 0 Å². The highest BCUT2D eigenvalue weighted by molar-refractivity contribution is 5.78. The van der Waals surface area contributed by atoms with E-state index in [0.29, 0.717) is 0 Å². The van der Waals surface area contributed by atoms with E-state index >= 15 is 0 Å². The molecule has 14 heavy (non-hydrogen) atoms. The Morgan fingerprint density at radius 3 is 1.93 bits per heavy atom. The highest BCUT2D eigenvalue weighted by Gasteiger charge is 2.39. The van der Waals surface area contributed by atoms with Crippen LogP contribution in [0.1, 0.15) is 34.6 Å². The SMILES string of the molecule is CC(=O)NC(C(C)C)C(C)(C)C(=O)O. The Hall–Kier alpha value is -1.06. The fourth-order valence-corrected chi connectivity index (χ4v) is 1.53. The molecule has 0 spiro atoms. The number of carboxylic acid groups (broad SMARTS) is 1. The van der Waals surface area contributed by atoms with Gasteiger partial charge in [0.2, 0.25) is 5.91 Å². The van der Waals surface area contributed by atoms with Crippen LogP contribution in [0.2, 0.25) is 0 Å². The Bertz CT molecular complexity index is 234. The van der Waals surface area contributed by atoms with Gasteiger partial charge in [0.05, 0.1) is 5.41 Å². The molecule has 0 bridgehead atoms. The van der Waals surface area contributed by atoms with Gasteiger partial charge in [0.25, 0.3) is 0 Å². The minimum Gasteiger partial charge on any atom is -0.481 e. The van der Waals surface area contributed by atoms with Gasteiger partial charge in [0.15, 0.2) is 0 Å². The van der Waals surface area contributed by atoms with Gasteiger partial charge in [0.1, 0.15) is 0 Å². The van der Waals surface area contributed by atoms with Crippen molar-refractivity contribution < 1.29 is 14.7 Å². The molecule has 2 N–H and O–H groups in total. The molecule has 0 heterocycles. The second kappa shape index (κ2) is 4.44. The molecule has 82 valence electrons. The van der Waals surface area contributed by atoms with Crippen molar-refractivity contribution >= 4 is 11.9 Å². The van der Waals surface area contributed by atoms with Crippen LogP contribution in [0.25, 0.3) is 0 Å². The zero-order chi connectivity index (χ0) is 11.5. The summed E-state index contributed by atoms with van der Waals surface area (Å²) in [4.78, 5) is 21.9. The molecule has 1 amide bonds. The summed E-state index contributed by atoms with van der Waals surface area (Å²) in [6.07, 6.45) is 0.